The van der Waals surface area contributed by atoms with E-state index in [0.717, 1.165) is 25.4 Å². The fourth-order valence-corrected chi connectivity index (χ4v) is 2.85. The van der Waals surface area contributed by atoms with Crippen LogP contribution in [0.15, 0.2) is 0 Å². The molecule has 0 aromatic heterocycles. The molecule has 102 valence electrons. The predicted molar refractivity (Wildman–Crippen MR) is 76.1 cm³/mol. The summed E-state index contributed by atoms with van der Waals surface area (Å²) in [5, 5.41) is 3.60. The molecule has 0 spiro atoms. The maximum Gasteiger partial charge on any atom is 0.0109 e. The Bertz CT molecular complexity index is 209. The maximum atomic E-state index is 5.99. The second-order valence-electron chi connectivity index (χ2n) is 7.24. The topological polar surface area (TPSA) is 38.0 Å². The molecule has 1 rings (SSSR count). The lowest BCUT2D eigenvalue weighted by molar-refractivity contribution is 0.153. The van der Waals surface area contributed by atoms with Crippen LogP contribution in [0.2, 0.25) is 0 Å². The van der Waals surface area contributed by atoms with Gasteiger partial charge in [0, 0.05) is 12.1 Å². The second-order valence-corrected chi connectivity index (χ2v) is 7.24. The van der Waals surface area contributed by atoms with Crippen molar-refractivity contribution in [3.63, 3.8) is 0 Å². The van der Waals surface area contributed by atoms with Crippen molar-refractivity contribution in [3.8, 4) is 0 Å². The molecule has 1 saturated carbocycles. The van der Waals surface area contributed by atoms with Gasteiger partial charge in [0.15, 0.2) is 0 Å². The molecule has 0 bridgehead atoms. The third kappa shape index (κ3) is 5.87. The van der Waals surface area contributed by atoms with E-state index in [-0.39, 0.29) is 5.54 Å². The van der Waals surface area contributed by atoms with E-state index < -0.39 is 0 Å². The molecule has 0 aromatic carbocycles. The largest absolute Gasteiger partial charge is 0.326 e. The Morgan fingerprint density at radius 1 is 1.06 bits per heavy atom. The van der Waals surface area contributed by atoms with Gasteiger partial charge in [0.2, 0.25) is 0 Å². The SMILES string of the molecule is CC(C)(N)CCNCC(C)(C)C1CCCCC1. The zero-order chi connectivity index (χ0) is 12.9. The van der Waals surface area contributed by atoms with Gasteiger partial charge in [0.1, 0.15) is 0 Å². The lowest BCUT2D eigenvalue weighted by Crippen LogP contribution is -2.40. The first-order chi connectivity index (χ1) is 7.81. The summed E-state index contributed by atoms with van der Waals surface area (Å²) in [6.45, 7) is 11.2. The van der Waals surface area contributed by atoms with E-state index in [1.807, 2.05) is 0 Å². The summed E-state index contributed by atoms with van der Waals surface area (Å²) in [7, 11) is 0. The molecule has 17 heavy (non-hydrogen) atoms. The zero-order valence-electron chi connectivity index (χ0n) is 12.3. The highest BCUT2D eigenvalue weighted by molar-refractivity contribution is 4.83. The third-order valence-corrected chi connectivity index (χ3v) is 4.24. The lowest BCUT2D eigenvalue weighted by Gasteiger charge is -2.37. The van der Waals surface area contributed by atoms with Crippen LogP contribution >= 0.6 is 0 Å². The first-order valence-electron chi connectivity index (χ1n) is 7.31. The van der Waals surface area contributed by atoms with E-state index >= 15 is 0 Å². The van der Waals surface area contributed by atoms with Crippen molar-refractivity contribution in [2.75, 3.05) is 13.1 Å². The van der Waals surface area contributed by atoms with Crippen LogP contribution in [-0.4, -0.2) is 18.6 Å². The summed E-state index contributed by atoms with van der Waals surface area (Å²) in [4.78, 5) is 0. The highest BCUT2D eigenvalue weighted by Gasteiger charge is 2.30. The summed E-state index contributed by atoms with van der Waals surface area (Å²) in [5.41, 5.74) is 6.39. The van der Waals surface area contributed by atoms with Gasteiger partial charge in [-0.1, -0.05) is 33.1 Å². The van der Waals surface area contributed by atoms with Crippen LogP contribution in [0, 0.1) is 11.3 Å². The number of nitrogens with one attached hydrogen (secondary N) is 1. The summed E-state index contributed by atoms with van der Waals surface area (Å²) < 4.78 is 0. The molecule has 1 fully saturated rings. The van der Waals surface area contributed by atoms with Gasteiger partial charge in [0.05, 0.1) is 0 Å². The lowest BCUT2D eigenvalue weighted by atomic mass is 9.71. The van der Waals surface area contributed by atoms with Gasteiger partial charge in [-0.2, -0.15) is 0 Å². The minimum atomic E-state index is -0.0397. The molecular formula is C15H32N2. The molecule has 3 N–H and O–H groups in total. The van der Waals surface area contributed by atoms with Gasteiger partial charge >= 0.3 is 0 Å². The Morgan fingerprint density at radius 2 is 1.65 bits per heavy atom. The Kier molecular flexibility index (Phi) is 5.46. The van der Waals surface area contributed by atoms with E-state index in [9.17, 15) is 0 Å². The van der Waals surface area contributed by atoms with Gasteiger partial charge in [-0.15, -0.1) is 0 Å². The summed E-state index contributed by atoms with van der Waals surface area (Å²) in [6.07, 6.45) is 8.22. The van der Waals surface area contributed by atoms with Crippen LogP contribution in [0.25, 0.3) is 0 Å². The van der Waals surface area contributed by atoms with Crippen molar-refractivity contribution >= 4 is 0 Å². The van der Waals surface area contributed by atoms with E-state index in [1.54, 1.807) is 0 Å². The van der Waals surface area contributed by atoms with Gasteiger partial charge in [-0.25, -0.2) is 0 Å². The molecule has 0 aromatic rings. The molecule has 1 aliphatic rings. The monoisotopic (exact) mass is 240 g/mol. The summed E-state index contributed by atoms with van der Waals surface area (Å²) >= 11 is 0. The van der Waals surface area contributed by atoms with Crippen molar-refractivity contribution in [1.82, 2.24) is 5.32 Å². The number of nitrogens with two attached hydrogens (primary N) is 1. The van der Waals surface area contributed by atoms with Crippen LogP contribution in [0.3, 0.4) is 0 Å². The minimum absolute atomic E-state index is 0.0397. The van der Waals surface area contributed by atoms with Crippen molar-refractivity contribution in [2.45, 2.75) is 71.8 Å². The summed E-state index contributed by atoms with van der Waals surface area (Å²) in [5.74, 6) is 0.912. The number of hydrogen-bond donors (Lipinski definition) is 2. The number of hydrogen-bond acceptors (Lipinski definition) is 2. The van der Waals surface area contributed by atoms with Crippen molar-refractivity contribution in [1.29, 1.82) is 0 Å². The van der Waals surface area contributed by atoms with Gasteiger partial charge in [0.25, 0.3) is 0 Å². The van der Waals surface area contributed by atoms with Gasteiger partial charge in [-0.05, 0) is 51.0 Å². The average Bonchev–Trinajstić information content (AvgIpc) is 2.25. The first-order valence-corrected chi connectivity index (χ1v) is 7.31. The molecule has 0 saturated heterocycles. The Balaban J connectivity index is 2.24. The molecule has 2 heteroatoms. The maximum absolute atomic E-state index is 5.99. The fraction of sp³-hybridized carbons (Fsp3) is 1.00. The second kappa shape index (κ2) is 6.19. The van der Waals surface area contributed by atoms with E-state index in [2.05, 4.69) is 33.0 Å². The van der Waals surface area contributed by atoms with Crippen molar-refractivity contribution < 1.29 is 0 Å². The first kappa shape index (κ1) is 15.0. The number of rotatable bonds is 6. The standard InChI is InChI=1S/C15H32N2/c1-14(2,13-8-6-5-7-9-13)12-17-11-10-15(3,4)16/h13,17H,5-12,16H2,1-4H3. The Morgan fingerprint density at radius 3 is 2.18 bits per heavy atom. The highest BCUT2D eigenvalue weighted by atomic mass is 14.9. The van der Waals surface area contributed by atoms with Crippen LogP contribution in [0.1, 0.15) is 66.2 Å². The highest BCUT2D eigenvalue weighted by Crippen LogP contribution is 2.37. The van der Waals surface area contributed by atoms with Crippen LogP contribution < -0.4 is 11.1 Å². The summed E-state index contributed by atoms with van der Waals surface area (Å²) in [6, 6.07) is 0. The predicted octanol–water partition coefficient (Wildman–Crippen LogP) is 3.31. The van der Waals surface area contributed by atoms with Crippen molar-refractivity contribution in [2.24, 2.45) is 17.1 Å². The van der Waals surface area contributed by atoms with Crippen LogP contribution in [-0.2, 0) is 0 Å². The van der Waals surface area contributed by atoms with Crippen LogP contribution in [0.5, 0.6) is 0 Å². The normalized spacial score (nSPS) is 19.6. The molecule has 0 heterocycles. The molecule has 0 unspecified atom stereocenters. The van der Waals surface area contributed by atoms with E-state index in [4.69, 9.17) is 5.73 Å². The molecule has 0 atom stereocenters. The van der Waals surface area contributed by atoms with Crippen molar-refractivity contribution in [3.05, 3.63) is 0 Å². The average molecular weight is 240 g/mol. The molecule has 2 nitrogen and oxygen atoms in total. The molecule has 0 amide bonds. The third-order valence-electron chi connectivity index (χ3n) is 4.24. The minimum Gasteiger partial charge on any atom is -0.326 e. The fourth-order valence-electron chi connectivity index (χ4n) is 2.85. The molecule has 0 aliphatic heterocycles. The van der Waals surface area contributed by atoms with Gasteiger partial charge < -0.3 is 11.1 Å². The van der Waals surface area contributed by atoms with Gasteiger partial charge in [-0.3, -0.25) is 0 Å². The van der Waals surface area contributed by atoms with E-state index in [0.29, 0.717) is 5.41 Å². The Hall–Kier alpha value is -0.0800. The Labute approximate surface area is 108 Å². The molecular weight excluding hydrogens is 208 g/mol. The zero-order valence-corrected chi connectivity index (χ0v) is 12.3. The quantitative estimate of drug-likeness (QED) is 0.699. The van der Waals surface area contributed by atoms with E-state index in [1.165, 1.54) is 32.1 Å². The van der Waals surface area contributed by atoms with Crippen LogP contribution in [0.4, 0.5) is 0 Å². The molecule has 0 radical (unpaired) electrons. The molecule has 1 aliphatic carbocycles. The smallest absolute Gasteiger partial charge is 0.0109 e.